The van der Waals surface area contributed by atoms with Crippen molar-refractivity contribution in [1.82, 2.24) is 4.98 Å². The van der Waals surface area contributed by atoms with Crippen LogP contribution in [-0.4, -0.2) is 17.1 Å². The highest BCUT2D eigenvalue weighted by atomic mass is 35.5. The molecule has 0 radical (unpaired) electrons. The number of hydrogen-bond acceptors (Lipinski definition) is 3. The lowest BCUT2D eigenvalue weighted by molar-refractivity contribution is 0.000138. The average molecular weight is 302 g/mol. The molecule has 3 nitrogen and oxygen atoms in total. The molecule has 1 aliphatic carbocycles. The monoisotopic (exact) mass is 301 g/mol. The van der Waals surface area contributed by atoms with E-state index in [1.807, 2.05) is 0 Å². The molecule has 1 aromatic heterocycles. The van der Waals surface area contributed by atoms with Gasteiger partial charge in [-0.25, -0.2) is 9.78 Å². The Morgan fingerprint density at radius 2 is 2.11 bits per heavy atom. The average Bonchev–Trinajstić information content (AvgIpc) is 2.42. The number of carbonyl (C=O) groups excluding carboxylic acids is 1. The number of pyridine rings is 1. The zero-order chi connectivity index (χ0) is 13.8. The van der Waals surface area contributed by atoms with Crippen molar-refractivity contribution in [2.45, 2.75) is 45.1 Å². The molecular weight excluding hydrogens is 285 g/mol. The predicted octanol–water partition coefficient (Wildman–Crippen LogP) is 4.51. The van der Waals surface area contributed by atoms with E-state index in [-0.39, 0.29) is 22.0 Å². The summed E-state index contributed by atoms with van der Waals surface area (Å²) in [6, 6.07) is 3.11. The molecule has 0 spiro atoms. The molecule has 0 aliphatic heterocycles. The second-order valence-electron chi connectivity index (χ2n) is 4.86. The molecule has 0 bridgehead atoms. The first kappa shape index (κ1) is 14.6. The van der Waals surface area contributed by atoms with E-state index in [4.69, 9.17) is 27.9 Å². The van der Waals surface area contributed by atoms with Crippen molar-refractivity contribution in [1.29, 1.82) is 0 Å². The molecule has 1 fully saturated rings. The van der Waals surface area contributed by atoms with Gasteiger partial charge in [0.25, 0.3) is 0 Å². The van der Waals surface area contributed by atoms with E-state index in [0.717, 1.165) is 25.7 Å². The van der Waals surface area contributed by atoms with Crippen LogP contribution in [0.5, 0.6) is 0 Å². The molecule has 1 aromatic rings. The van der Waals surface area contributed by atoms with Gasteiger partial charge in [0, 0.05) is 0 Å². The maximum atomic E-state index is 12.1. The molecule has 19 heavy (non-hydrogen) atoms. The number of hydrogen-bond donors (Lipinski definition) is 0. The smallest absolute Gasteiger partial charge is 0.358 e. The Hall–Kier alpha value is -0.800. The van der Waals surface area contributed by atoms with Crippen LogP contribution in [0.15, 0.2) is 12.1 Å². The minimum atomic E-state index is -0.474. The maximum absolute atomic E-state index is 12.1. The van der Waals surface area contributed by atoms with Gasteiger partial charge in [0.1, 0.15) is 11.3 Å². The second-order valence-corrected chi connectivity index (χ2v) is 5.66. The summed E-state index contributed by atoms with van der Waals surface area (Å²) in [4.78, 5) is 16.1. The summed E-state index contributed by atoms with van der Waals surface area (Å²) < 4.78 is 5.57. The normalized spacial score (nSPS) is 23.1. The van der Waals surface area contributed by atoms with Crippen molar-refractivity contribution in [3.63, 3.8) is 0 Å². The molecule has 0 N–H and O–H groups in total. The fourth-order valence-electron chi connectivity index (χ4n) is 2.55. The summed E-state index contributed by atoms with van der Waals surface area (Å²) in [6.07, 6.45) is 5.35. The lowest BCUT2D eigenvalue weighted by atomic mass is 9.85. The fourth-order valence-corrected chi connectivity index (χ4v) is 2.88. The number of ether oxygens (including phenoxy) is 1. The van der Waals surface area contributed by atoms with E-state index in [1.54, 1.807) is 12.1 Å². The molecule has 1 saturated carbocycles. The summed E-state index contributed by atoms with van der Waals surface area (Å²) in [5.74, 6) is -0.0338. The third-order valence-corrected chi connectivity index (χ3v) is 4.14. The van der Waals surface area contributed by atoms with Crippen LogP contribution in [0.1, 0.15) is 49.5 Å². The minimum Gasteiger partial charge on any atom is -0.457 e. The van der Waals surface area contributed by atoms with Crippen LogP contribution < -0.4 is 0 Å². The SMILES string of the molecule is CCC1CCCCC1OC(=O)c1nc(Cl)ccc1Cl. The van der Waals surface area contributed by atoms with Gasteiger partial charge in [-0.3, -0.25) is 0 Å². The molecule has 1 aliphatic rings. The van der Waals surface area contributed by atoms with Crippen LogP contribution in [-0.2, 0) is 4.74 Å². The van der Waals surface area contributed by atoms with Crippen LogP contribution >= 0.6 is 23.2 Å². The zero-order valence-corrected chi connectivity index (χ0v) is 12.4. The highest BCUT2D eigenvalue weighted by molar-refractivity contribution is 6.34. The Morgan fingerprint density at radius 1 is 1.37 bits per heavy atom. The van der Waals surface area contributed by atoms with E-state index in [0.29, 0.717) is 5.92 Å². The van der Waals surface area contributed by atoms with Crippen molar-refractivity contribution in [3.05, 3.63) is 28.0 Å². The molecule has 2 rings (SSSR count). The molecule has 1 heterocycles. The van der Waals surface area contributed by atoms with Crippen molar-refractivity contribution in [3.8, 4) is 0 Å². The fraction of sp³-hybridized carbons (Fsp3) is 0.571. The number of aromatic nitrogens is 1. The van der Waals surface area contributed by atoms with Crippen LogP contribution in [0.3, 0.4) is 0 Å². The van der Waals surface area contributed by atoms with Gasteiger partial charge < -0.3 is 4.74 Å². The lowest BCUT2D eigenvalue weighted by Gasteiger charge is -2.30. The highest BCUT2D eigenvalue weighted by Gasteiger charge is 2.28. The molecule has 2 unspecified atom stereocenters. The van der Waals surface area contributed by atoms with Crippen LogP contribution in [0.4, 0.5) is 0 Å². The van der Waals surface area contributed by atoms with Gasteiger partial charge in [0.05, 0.1) is 5.02 Å². The van der Waals surface area contributed by atoms with Gasteiger partial charge in [-0.2, -0.15) is 0 Å². The van der Waals surface area contributed by atoms with Crippen molar-refractivity contribution >= 4 is 29.2 Å². The Morgan fingerprint density at radius 3 is 2.84 bits per heavy atom. The van der Waals surface area contributed by atoms with E-state index < -0.39 is 5.97 Å². The third kappa shape index (κ3) is 3.61. The first-order valence-electron chi connectivity index (χ1n) is 6.64. The molecule has 2 atom stereocenters. The summed E-state index contributed by atoms with van der Waals surface area (Å²) in [5, 5.41) is 0.519. The van der Waals surface area contributed by atoms with E-state index in [9.17, 15) is 4.79 Å². The minimum absolute atomic E-state index is 0.0249. The number of rotatable bonds is 3. The van der Waals surface area contributed by atoms with Gasteiger partial charge in [0.15, 0.2) is 5.69 Å². The van der Waals surface area contributed by atoms with E-state index in [1.165, 1.54) is 6.42 Å². The van der Waals surface area contributed by atoms with Gasteiger partial charge in [-0.05, 0) is 43.7 Å². The largest absolute Gasteiger partial charge is 0.457 e. The summed E-state index contributed by atoms with van der Waals surface area (Å²) in [6.45, 7) is 2.13. The molecule has 0 saturated heterocycles. The number of carbonyl (C=O) groups is 1. The Labute approximate surface area is 123 Å². The van der Waals surface area contributed by atoms with Gasteiger partial charge >= 0.3 is 5.97 Å². The Balaban J connectivity index is 2.09. The molecule has 104 valence electrons. The first-order chi connectivity index (χ1) is 9.11. The molecule has 0 amide bonds. The summed E-state index contributed by atoms with van der Waals surface area (Å²) in [5.41, 5.74) is 0.106. The zero-order valence-electron chi connectivity index (χ0n) is 10.9. The predicted molar refractivity (Wildman–Crippen MR) is 75.7 cm³/mol. The van der Waals surface area contributed by atoms with E-state index >= 15 is 0 Å². The molecule has 0 aromatic carbocycles. The Kier molecular flexibility index (Phi) is 5.06. The third-order valence-electron chi connectivity index (χ3n) is 3.63. The van der Waals surface area contributed by atoms with Crippen LogP contribution in [0.2, 0.25) is 10.2 Å². The number of nitrogens with zero attached hydrogens (tertiary/aromatic N) is 1. The quantitative estimate of drug-likeness (QED) is 0.609. The van der Waals surface area contributed by atoms with Crippen LogP contribution in [0, 0.1) is 5.92 Å². The maximum Gasteiger partial charge on any atom is 0.358 e. The first-order valence-corrected chi connectivity index (χ1v) is 7.40. The van der Waals surface area contributed by atoms with Gasteiger partial charge in [0.2, 0.25) is 0 Å². The van der Waals surface area contributed by atoms with Gasteiger partial charge in [-0.15, -0.1) is 0 Å². The lowest BCUT2D eigenvalue weighted by Crippen LogP contribution is -2.30. The summed E-state index contributed by atoms with van der Waals surface area (Å²) in [7, 11) is 0. The van der Waals surface area contributed by atoms with Crippen molar-refractivity contribution in [2.75, 3.05) is 0 Å². The Bertz CT molecular complexity index is 465. The van der Waals surface area contributed by atoms with E-state index in [2.05, 4.69) is 11.9 Å². The summed E-state index contributed by atoms with van der Waals surface area (Å²) >= 11 is 11.7. The molecule has 5 heteroatoms. The second kappa shape index (κ2) is 6.58. The molecular formula is C14H17Cl2NO2. The van der Waals surface area contributed by atoms with Crippen LogP contribution in [0.25, 0.3) is 0 Å². The van der Waals surface area contributed by atoms with Crippen molar-refractivity contribution in [2.24, 2.45) is 5.92 Å². The van der Waals surface area contributed by atoms with Crippen molar-refractivity contribution < 1.29 is 9.53 Å². The standard InChI is InChI=1S/C14H17Cl2NO2/c1-2-9-5-3-4-6-11(9)19-14(18)13-10(15)7-8-12(16)17-13/h7-9,11H,2-6H2,1H3. The topological polar surface area (TPSA) is 39.2 Å². The number of esters is 1. The van der Waals surface area contributed by atoms with Gasteiger partial charge in [-0.1, -0.05) is 36.5 Å². The highest BCUT2D eigenvalue weighted by Crippen LogP contribution is 2.30. The number of halogens is 2.